The maximum atomic E-state index is 5.66. The molecule has 2 heterocycles. The Kier molecular flexibility index (Phi) is 2.27. The largest absolute Gasteiger partial charge is 0.372 e. The minimum absolute atomic E-state index is 0.326. The van der Waals surface area contributed by atoms with E-state index in [0.717, 1.165) is 13.1 Å². The molecular weight excluding hydrogens is 164 g/mol. The number of aromatic nitrogens is 1. The number of anilines is 1. The number of aromatic amines is 1. The smallest absolute Gasteiger partial charge is 0.105 e. The normalized spacial score (nSPS) is 29.2. The fourth-order valence-corrected chi connectivity index (χ4v) is 1.89. The molecular formula is C10H16N2O. The first-order chi connectivity index (χ1) is 6.25. The average molecular weight is 180 g/mol. The molecule has 3 nitrogen and oxygen atoms in total. The molecule has 0 aliphatic carbocycles. The monoisotopic (exact) mass is 180 g/mol. The van der Waals surface area contributed by atoms with Crippen LogP contribution in [0.4, 0.5) is 5.82 Å². The zero-order valence-corrected chi connectivity index (χ0v) is 8.16. The summed E-state index contributed by atoms with van der Waals surface area (Å²) in [6, 6.07) is 4.13. The molecule has 1 aromatic heterocycles. The molecule has 2 atom stereocenters. The number of hydrogen-bond donors (Lipinski definition) is 1. The molecule has 0 spiro atoms. The molecule has 2 rings (SSSR count). The van der Waals surface area contributed by atoms with E-state index >= 15 is 0 Å². The van der Waals surface area contributed by atoms with Crippen LogP contribution >= 0.6 is 0 Å². The lowest BCUT2D eigenvalue weighted by Crippen LogP contribution is -2.45. The van der Waals surface area contributed by atoms with Gasteiger partial charge < -0.3 is 14.6 Å². The standard InChI is InChI=1S/C10H16N2O/c1-8-6-12(7-9(2)13-8)10-4-3-5-11-10/h3-5,8-9,11H,6-7H2,1-2H3. The van der Waals surface area contributed by atoms with Crippen LogP contribution in [0, 0.1) is 0 Å². The van der Waals surface area contributed by atoms with Gasteiger partial charge in [0.25, 0.3) is 0 Å². The first-order valence-electron chi connectivity index (χ1n) is 4.79. The molecule has 0 bridgehead atoms. The lowest BCUT2D eigenvalue weighted by molar-refractivity contribution is -0.00543. The van der Waals surface area contributed by atoms with Crippen molar-refractivity contribution in [1.82, 2.24) is 4.98 Å². The summed E-state index contributed by atoms with van der Waals surface area (Å²) in [5.74, 6) is 1.20. The van der Waals surface area contributed by atoms with E-state index in [1.807, 2.05) is 12.3 Å². The Morgan fingerprint density at radius 2 is 2.08 bits per heavy atom. The first kappa shape index (κ1) is 8.63. The Morgan fingerprint density at radius 1 is 1.38 bits per heavy atom. The Morgan fingerprint density at radius 3 is 2.62 bits per heavy atom. The molecule has 1 N–H and O–H groups in total. The molecule has 1 aliphatic heterocycles. The van der Waals surface area contributed by atoms with Crippen molar-refractivity contribution in [3.05, 3.63) is 18.3 Å². The molecule has 0 radical (unpaired) electrons. The van der Waals surface area contributed by atoms with E-state index in [1.165, 1.54) is 5.82 Å². The summed E-state index contributed by atoms with van der Waals surface area (Å²) in [4.78, 5) is 5.55. The number of rotatable bonds is 1. The van der Waals surface area contributed by atoms with Gasteiger partial charge in [-0.05, 0) is 26.0 Å². The van der Waals surface area contributed by atoms with Crippen molar-refractivity contribution in [3.63, 3.8) is 0 Å². The summed E-state index contributed by atoms with van der Waals surface area (Å²) in [5, 5.41) is 0. The third-order valence-corrected chi connectivity index (χ3v) is 2.34. The van der Waals surface area contributed by atoms with Gasteiger partial charge in [-0.1, -0.05) is 0 Å². The molecule has 0 saturated carbocycles. The Bertz CT molecular complexity index is 248. The summed E-state index contributed by atoms with van der Waals surface area (Å²) >= 11 is 0. The highest BCUT2D eigenvalue weighted by atomic mass is 16.5. The highest BCUT2D eigenvalue weighted by Gasteiger charge is 2.22. The van der Waals surface area contributed by atoms with Crippen LogP contribution in [-0.2, 0) is 4.74 Å². The minimum Gasteiger partial charge on any atom is -0.372 e. The van der Waals surface area contributed by atoms with Gasteiger partial charge in [-0.25, -0.2) is 0 Å². The number of ether oxygens (including phenoxy) is 1. The van der Waals surface area contributed by atoms with E-state index in [2.05, 4.69) is 29.8 Å². The highest BCUT2D eigenvalue weighted by molar-refractivity contribution is 5.39. The molecule has 0 amide bonds. The number of H-pyrrole nitrogens is 1. The van der Waals surface area contributed by atoms with E-state index in [9.17, 15) is 0 Å². The van der Waals surface area contributed by atoms with Crippen molar-refractivity contribution in [2.75, 3.05) is 18.0 Å². The van der Waals surface area contributed by atoms with Gasteiger partial charge in [-0.15, -0.1) is 0 Å². The third-order valence-electron chi connectivity index (χ3n) is 2.34. The second-order valence-corrected chi connectivity index (χ2v) is 3.72. The van der Waals surface area contributed by atoms with Crippen LogP contribution in [0.15, 0.2) is 18.3 Å². The molecule has 1 aliphatic rings. The van der Waals surface area contributed by atoms with E-state index in [-0.39, 0.29) is 0 Å². The lowest BCUT2D eigenvalue weighted by atomic mass is 10.2. The summed E-state index contributed by atoms with van der Waals surface area (Å²) < 4.78 is 5.66. The maximum absolute atomic E-state index is 5.66. The van der Waals surface area contributed by atoms with Crippen molar-refractivity contribution in [1.29, 1.82) is 0 Å². The van der Waals surface area contributed by atoms with Gasteiger partial charge in [0.1, 0.15) is 5.82 Å². The van der Waals surface area contributed by atoms with E-state index in [0.29, 0.717) is 12.2 Å². The fourth-order valence-electron chi connectivity index (χ4n) is 1.89. The summed E-state index contributed by atoms with van der Waals surface area (Å²) in [6.07, 6.45) is 2.61. The highest BCUT2D eigenvalue weighted by Crippen LogP contribution is 2.17. The molecule has 1 saturated heterocycles. The van der Waals surface area contributed by atoms with Crippen LogP contribution in [0.25, 0.3) is 0 Å². The molecule has 3 heteroatoms. The molecule has 13 heavy (non-hydrogen) atoms. The predicted molar refractivity (Wildman–Crippen MR) is 53.0 cm³/mol. The summed E-state index contributed by atoms with van der Waals surface area (Å²) in [6.45, 7) is 6.19. The number of nitrogens with zero attached hydrogens (tertiary/aromatic N) is 1. The molecule has 0 aromatic carbocycles. The minimum atomic E-state index is 0.326. The summed E-state index contributed by atoms with van der Waals surface area (Å²) in [5.41, 5.74) is 0. The van der Waals surface area contributed by atoms with Gasteiger partial charge in [-0.2, -0.15) is 0 Å². The average Bonchev–Trinajstić information content (AvgIpc) is 2.53. The van der Waals surface area contributed by atoms with Crippen molar-refractivity contribution in [2.24, 2.45) is 0 Å². The van der Waals surface area contributed by atoms with Crippen molar-refractivity contribution in [3.8, 4) is 0 Å². The Balaban J connectivity index is 2.07. The molecule has 2 unspecified atom stereocenters. The molecule has 1 fully saturated rings. The van der Waals surface area contributed by atoms with Crippen LogP contribution in [0.2, 0.25) is 0 Å². The Hall–Kier alpha value is -0.960. The topological polar surface area (TPSA) is 28.3 Å². The van der Waals surface area contributed by atoms with Crippen molar-refractivity contribution in [2.45, 2.75) is 26.1 Å². The van der Waals surface area contributed by atoms with Crippen LogP contribution in [-0.4, -0.2) is 30.3 Å². The molecule has 72 valence electrons. The van der Waals surface area contributed by atoms with Gasteiger partial charge in [0.15, 0.2) is 0 Å². The van der Waals surface area contributed by atoms with E-state index in [4.69, 9.17) is 4.74 Å². The zero-order chi connectivity index (χ0) is 9.26. The molecule has 1 aromatic rings. The lowest BCUT2D eigenvalue weighted by Gasteiger charge is -2.35. The van der Waals surface area contributed by atoms with Gasteiger partial charge in [0, 0.05) is 19.3 Å². The SMILES string of the molecule is CC1CN(c2ccc[nH]2)CC(C)O1. The van der Waals surface area contributed by atoms with Crippen LogP contribution < -0.4 is 4.90 Å². The van der Waals surface area contributed by atoms with Crippen LogP contribution in [0.1, 0.15) is 13.8 Å². The van der Waals surface area contributed by atoms with Gasteiger partial charge in [0.05, 0.1) is 12.2 Å². The number of nitrogens with one attached hydrogen (secondary N) is 1. The predicted octanol–water partition coefficient (Wildman–Crippen LogP) is 1.63. The van der Waals surface area contributed by atoms with E-state index in [1.54, 1.807) is 0 Å². The quantitative estimate of drug-likeness (QED) is 0.711. The van der Waals surface area contributed by atoms with Gasteiger partial charge in [0.2, 0.25) is 0 Å². The van der Waals surface area contributed by atoms with Crippen molar-refractivity contribution < 1.29 is 4.74 Å². The second kappa shape index (κ2) is 3.42. The van der Waals surface area contributed by atoms with Crippen molar-refractivity contribution >= 4 is 5.82 Å². The number of hydrogen-bond acceptors (Lipinski definition) is 2. The van der Waals surface area contributed by atoms with Gasteiger partial charge >= 0.3 is 0 Å². The van der Waals surface area contributed by atoms with Crippen LogP contribution in [0.3, 0.4) is 0 Å². The maximum Gasteiger partial charge on any atom is 0.105 e. The second-order valence-electron chi connectivity index (χ2n) is 3.72. The fraction of sp³-hybridized carbons (Fsp3) is 0.600. The van der Waals surface area contributed by atoms with Crippen LogP contribution in [0.5, 0.6) is 0 Å². The third kappa shape index (κ3) is 1.86. The van der Waals surface area contributed by atoms with Gasteiger partial charge in [-0.3, -0.25) is 0 Å². The zero-order valence-electron chi connectivity index (χ0n) is 8.16. The number of morpholine rings is 1. The Labute approximate surface area is 78.7 Å². The summed E-state index contributed by atoms with van der Waals surface area (Å²) in [7, 11) is 0. The van der Waals surface area contributed by atoms with E-state index < -0.39 is 0 Å². The first-order valence-corrected chi connectivity index (χ1v) is 4.79.